The van der Waals surface area contributed by atoms with E-state index in [1.54, 1.807) is 0 Å². The molecule has 0 aromatic heterocycles. The smallest absolute Gasteiger partial charge is 0.319 e. The van der Waals surface area contributed by atoms with Gasteiger partial charge in [0.15, 0.2) is 0 Å². The topological polar surface area (TPSA) is 29.3 Å². The van der Waals surface area contributed by atoms with Crippen LogP contribution in [0.3, 0.4) is 0 Å². The fraction of sp³-hybridized carbons (Fsp3) is 1.00. The highest BCUT2D eigenvalue weighted by molar-refractivity contribution is 5.85. The molecule has 2 nitrogen and oxygen atoms in total. The fourth-order valence-electron chi connectivity index (χ4n) is 1.69. The average Bonchev–Trinajstić information content (AvgIpc) is 2.06. The van der Waals surface area contributed by atoms with Gasteiger partial charge in [-0.05, 0) is 7.05 Å². The van der Waals surface area contributed by atoms with Crippen molar-refractivity contribution in [3.8, 4) is 0 Å². The molecule has 1 saturated heterocycles. The summed E-state index contributed by atoms with van der Waals surface area (Å²) in [4.78, 5) is 1.25. The molecule has 0 amide bonds. The molecule has 0 aliphatic carbocycles. The van der Waals surface area contributed by atoms with E-state index in [1.165, 1.54) is 11.9 Å². The number of alkyl halides is 5. The standard InChI is InChI=1S/C8H13F5N2.ClH/c1-15-3-2-7(9,10)4-5(15)6(14)8(11,12)13;/h5-6H,2-4,14H2,1H3;1H. The van der Waals surface area contributed by atoms with E-state index in [2.05, 4.69) is 0 Å². The Hall–Kier alpha value is -0.140. The second-order valence-electron chi connectivity index (χ2n) is 3.93. The Morgan fingerprint density at radius 3 is 2.31 bits per heavy atom. The van der Waals surface area contributed by atoms with E-state index < -0.39 is 37.0 Å². The second kappa shape index (κ2) is 5.01. The first-order valence-electron chi connectivity index (χ1n) is 4.54. The second-order valence-corrected chi connectivity index (χ2v) is 3.93. The zero-order valence-corrected chi connectivity index (χ0v) is 9.42. The van der Waals surface area contributed by atoms with Crippen molar-refractivity contribution in [2.45, 2.75) is 37.0 Å². The number of piperidine rings is 1. The van der Waals surface area contributed by atoms with Crippen LogP contribution in [0.1, 0.15) is 12.8 Å². The number of hydrogen-bond donors (Lipinski definition) is 1. The van der Waals surface area contributed by atoms with Crippen LogP contribution in [0.5, 0.6) is 0 Å². The number of likely N-dealkylation sites (N-methyl/N-ethyl adjacent to an activating group) is 1. The van der Waals surface area contributed by atoms with Gasteiger partial charge >= 0.3 is 6.18 Å². The Kier molecular flexibility index (Phi) is 4.97. The highest BCUT2D eigenvalue weighted by atomic mass is 35.5. The van der Waals surface area contributed by atoms with Gasteiger partial charge in [-0.3, -0.25) is 0 Å². The Morgan fingerprint density at radius 1 is 1.38 bits per heavy atom. The first-order valence-corrected chi connectivity index (χ1v) is 4.54. The molecule has 1 aliphatic rings. The zero-order valence-electron chi connectivity index (χ0n) is 8.60. The molecule has 1 fully saturated rings. The van der Waals surface area contributed by atoms with Crippen LogP contribution in [0.15, 0.2) is 0 Å². The van der Waals surface area contributed by atoms with E-state index in [1.807, 2.05) is 0 Å². The van der Waals surface area contributed by atoms with Gasteiger partial charge in [0.2, 0.25) is 0 Å². The number of hydrogen-bond acceptors (Lipinski definition) is 2. The van der Waals surface area contributed by atoms with Crippen molar-refractivity contribution in [2.75, 3.05) is 13.6 Å². The third-order valence-corrected chi connectivity index (χ3v) is 2.70. The highest BCUT2D eigenvalue weighted by Gasteiger charge is 2.49. The molecule has 0 spiro atoms. The normalized spacial score (nSPS) is 28.3. The maximum absolute atomic E-state index is 12.9. The molecule has 2 atom stereocenters. The molecule has 2 N–H and O–H groups in total. The summed E-state index contributed by atoms with van der Waals surface area (Å²) in [6, 6.07) is -3.55. The van der Waals surface area contributed by atoms with Gasteiger partial charge in [-0.1, -0.05) is 0 Å². The summed E-state index contributed by atoms with van der Waals surface area (Å²) in [5.74, 6) is -3.04. The summed E-state index contributed by atoms with van der Waals surface area (Å²) >= 11 is 0. The van der Waals surface area contributed by atoms with E-state index in [0.717, 1.165) is 0 Å². The Bertz CT molecular complexity index is 230. The molecular weight excluding hydrogens is 255 g/mol. The molecule has 0 aromatic rings. The minimum Gasteiger partial charge on any atom is -0.319 e. The van der Waals surface area contributed by atoms with E-state index in [4.69, 9.17) is 5.73 Å². The van der Waals surface area contributed by atoms with E-state index in [0.29, 0.717) is 0 Å². The van der Waals surface area contributed by atoms with Crippen LogP contribution in [0.2, 0.25) is 0 Å². The Morgan fingerprint density at radius 2 is 1.88 bits per heavy atom. The van der Waals surface area contributed by atoms with Gasteiger partial charge in [-0.25, -0.2) is 8.78 Å². The third-order valence-electron chi connectivity index (χ3n) is 2.70. The summed E-state index contributed by atoms with van der Waals surface area (Å²) < 4.78 is 62.6. The van der Waals surface area contributed by atoms with E-state index in [-0.39, 0.29) is 19.0 Å². The average molecular weight is 269 g/mol. The maximum Gasteiger partial charge on any atom is 0.405 e. The van der Waals surface area contributed by atoms with Crippen molar-refractivity contribution in [3.63, 3.8) is 0 Å². The molecule has 98 valence electrons. The Balaban J connectivity index is 0.00000225. The summed E-state index contributed by atoms with van der Waals surface area (Å²) in [6.07, 6.45) is -5.87. The van der Waals surface area contributed by atoms with Gasteiger partial charge in [-0.2, -0.15) is 13.2 Å². The molecule has 0 saturated carbocycles. The lowest BCUT2D eigenvalue weighted by molar-refractivity contribution is -0.176. The number of nitrogens with two attached hydrogens (primary N) is 1. The van der Waals surface area contributed by atoms with Crippen LogP contribution in [-0.4, -0.2) is 42.7 Å². The lowest BCUT2D eigenvalue weighted by Gasteiger charge is -2.40. The summed E-state index contributed by atoms with van der Waals surface area (Å²) in [6.45, 7) is -0.0680. The summed E-state index contributed by atoms with van der Waals surface area (Å²) in [7, 11) is 1.38. The zero-order chi connectivity index (χ0) is 11.9. The number of likely N-dealkylation sites (tertiary alicyclic amines) is 1. The predicted molar refractivity (Wildman–Crippen MR) is 51.9 cm³/mol. The van der Waals surface area contributed by atoms with Crippen LogP contribution in [0.25, 0.3) is 0 Å². The summed E-state index contributed by atoms with van der Waals surface area (Å²) in [5.41, 5.74) is 4.94. The molecule has 0 aromatic carbocycles. The largest absolute Gasteiger partial charge is 0.405 e. The van der Waals surface area contributed by atoms with Crippen LogP contribution < -0.4 is 5.73 Å². The van der Waals surface area contributed by atoms with E-state index >= 15 is 0 Å². The monoisotopic (exact) mass is 268 g/mol. The molecule has 1 heterocycles. The minimum absolute atomic E-state index is 0. The van der Waals surface area contributed by atoms with Crippen molar-refractivity contribution < 1.29 is 22.0 Å². The van der Waals surface area contributed by atoms with Crippen LogP contribution in [-0.2, 0) is 0 Å². The Labute approximate surface area is 96.4 Å². The molecule has 1 rings (SSSR count). The maximum atomic E-state index is 12.9. The van der Waals surface area contributed by atoms with Crippen LogP contribution >= 0.6 is 12.4 Å². The lowest BCUT2D eigenvalue weighted by Crippen LogP contribution is -2.58. The van der Waals surface area contributed by atoms with Gasteiger partial charge in [0.1, 0.15) is 6.04 Å². The molecule has 0 radical (unpaired) electrons. The van der Waals surface area contributed by atoms with Crippen molar-refractivity contribution >= 4 is 12.4 Å². The highest BCUT2D eigenvalue weighted by Crippen LogP contribution is 2.35. The summed E-state index contributed by atoms with van der Waals surface area (Å²) in [5, 5.41) is 0. The van der Waals surface area contributed by atoms with Gasteiger partial charge in [0.25, 0.3) is 5.92 Å². The SMILES string of the molecule is CN1CCC(F)(F)CC1C(N)C(F)(F)F.Cl. The lowest BCUT2D eigenvalue weighted by atomic mass is 9.93. The number of halogens is 6. The first-order chi connectivity index (χ1) is 6.63. The number of nitrogens with zero attached hydrogens (tertiary/aromatic N) is 1. The molecule has 16 heavy (non-hydrogen) atoms. The van der Waals surface area contributed by atoms with Gasteiger partial charge < -0.3 is 10.6 Å². The van der Waals surface area contributed by atoms with E-state index in [9.17, 15) is 22.0 Å². The van der Waals surface area contributed by atoms with Crippen molar-refractivity contribution in [1.82, 2.24) is 4.90 Å². The van der Waals surface area contributed by atoms with Crippen molar-refractivity contribution in [1.29, 1.82) is 0 Å². The minimum atomic E-state index is -4.63. The van der Waals surface area contributed by atoms with Crippen molar-refractivity contribution in [2.24, 2.45) is 5.73 Å². The number of rotatable bonds is 1. The fourth-order valence-corrected chi connectivity index (χ4v) is 1.69. The molecule has 0 bridgehead atoms. The van der Waals surface area contributed by atoms with Gasteiger partial charge in [0, 0.05) is 25.4 Å². The molecule has 1 aliphatic heterocycles. The van der Waals surface area contributed by atoms with Crippen LogP contribution in [0, 0.1) is 0 Å². The van der Waals surface area contributed by atoms with Crippen molar-refractivity contribution in [3.05, 3.63) is 0 Å². The van der Waals surface area contributed by atoms with Gasteiger partial charge in [-0.15, -0.1) is 12.4 Å². The quantitative estimate of drug-likeness (QED) is 0.738. The predicted octanol–water partition coefficient (Wildman–Crippen LogP) is 2.03. The van der Waals surface area contributed by atoms with Crippen LogP contribution in [0.4, 0.5) is 22.0 Å². The third kappa shape index (κ3) is 3.71. The van der Waals surface area contributed by atoms with Gasteiger partial charge in [0.05, 0.1) is 0 Å². The first kappa shape index (κ1) is 15.9. The molecule has 8 heteroatoms. The molecular formula is C8H14ClF5N2. The molecule has 2 unspecified atom stereocenters.